The van der Waals surface area contributed by atoms with Crippen LogP contribution >= 0.6 is 11.5 Å². The third-order valence-electron chi connectivity index (χ3n) is 3.71. The number of rotatable bonds is 2. The number of hydrogen-bond acceptors (Lipinski definition) is 4. The fourth-order valence-corrected chi connectivity index (χ4v) is 3.80. The fourth-order valence-electron chi connectivity index (χ4n) is 3.06. The maximum Gasteiger partial charge on any atom is 0.0772 e. The Morgan fingerprint density at radius 2 is 1.88 bits per heavy atom. The Bertz CT molecular complexity index is 340. The Hall–Kier alpha value is -0.480. The number of nitrogens with two attached hydrogens (primary N) is 1. The van der Waals surface area contributed by atoms with Gasteiger partial charge in [0.15, 0.2) is 0 Å². The maximum absolute atomic E-state index is 6.37. The van der Waals surface area contributed by atoms with Crippen LogP contribution in [0.4, 0.5) is 0 Å². The van der Waals surface area contributed by atoms with Crippen molar-refractivity contribution in [2.45, 2.75) is 46.1 Å². The summed E-state index contributed by atoms with van der Waals surface area (Å²) < 4.78 is 3.99. The predicted octanol–water partition coefficient (Wildman–Crippen LogP) is 2.92. The zero-order valence-corrected chi connectivity index (χ0v) is 11.1. The average Bonchev–Trinajstić information content (AvgIpc) is 2.62. The van der Waals surface area contributed by atoms with Crippen molar-refractivity contribution in [2.24, 2.45) is 23.5 Å². The van der Waals surface area contributed by atoms with Gasteiger partial charge in [-0.3, -0.25) is 0 Å². The molecule has 0 spiro atoms. The van der Waals surface area contributed by atoms with Crippen molar-refractivity contribution in [1.29, 1.82) is 0 Å². The highest BCUT2D eigenvalue weighted by Gasteiger charge is 2.30. The Kier molecular flexibility index (Phi) is 3.60. The van der Waals surface area contributed by atoms with Gasteiger partial charge in [-0.15, -0.1) is 5.10 Å². The molecule has 0 bridgehead atoms. The summed E-state index contributed by atoms with van der Waals surface area (Å²) >= 11 is 1.47. The number of aryl methyl sites for hydroxylation is 1. The lowest BCUT2D eigenvalue weighted by molar-refractivity contribution is 0.194. The maximum atomic E-state index is 6.37. The molecule has 4 heteroatoms. The molecule has 0 aliphatic heterocycles. The molecule has 0 radical (unpaired) electrons. The SMILES string of the molecule is Cc1nnsc1C(N)C1CC(C)CC(C)C1. The average molecular weight is 239 g/mol. The van der Waals surface area contributed by atoms with E-state index in [1.54, 1.807) is 0 Å². The zero-order chi connectivity index (χ0) is 11.7. The fraction of sp³-hybridized carbons (Fsp3) is 0.833. The van der Waals surface area contributed by atoms with E-state index in [4.69, 9.17) is 5.73 Å². The van der Waals surface area contributed by atoms with Gasteiger partial charge in [0.1, 0.15) is 0 Å². The smallest absolute Gasteiger partial charge is 0.0772 e. The van der Waals surface area contributed by atoms with Crippen molar-refractivity contribution in [1.82, 2.24) is 9.59 Å². The normalized spacial score (nSPS) is 32.6. The molecule has 3 unspecified atom stereocenters. The minimum Gasteiger partial charge on any atom is -0.323 e. The van der Waals surface area contributed by atoms with Gasteiger partial charge in [0, 0.05) is 6.04 Å². The second-order valence-electron chi connectivity index (χ2n) is 5.43. The lowest BCUT2D eigenvalue weighted by atomic mass is 9.73. The molecular weight excluding hydrogens is 218 g/mol. The molecule has 0 amide bonds. The highest BCUT2D eigenvalue weighted by atomic mass is 32.1. The first-order chi connectivity index (χ1) is 7.58. The standard InChI is InChI=1S/C12H21N3S/c1-7-4-8(2)6-10(5-7)11(13)12-9(3)14-15-16-12/h7-8,10-11H,4-6,13H2,1-3H3. The molecule has 1 saturated carbocycles. The van der Waals surface area contributed by atoms with Crippen LogP contribution in [0.25, 0.3) is 0 Å². The lowest BCUT2D eigenvalue weighted by Crippen LogP contribution is -2.29. The van der Waals surface area contributed by atoms with Gasteiger partial charge < -0.3 is 5.73 Å². The van der Waals surface area contributed by atoms with Gasteiger partial charge in [-0.1, -0.05) is 18.3 Å². The molecule has 3 nitrogen and oxygen atoms in total. The molecular formula is C12H21N3S. The van der Waals surface area contributed by atoms with Crippen molar-refractivity contribution in [3.8, 4) is 0 Å². The largest absolute Gasteiger partial charge is 0.323 e. The van der Waals surface area contributed by atoms with Crippen molar-refractivity contribution >= 4 is 11.5 Å². The molecule has 1 heterocycles. The van der Waals surface area contributed by atoms with Crippen LogP contribution in [0.15, 0.2) is 0 Å². The van der Waals surface area contributed by atoms with Crippen LogP contribution in [0.1, 0.15) is 49.7 Å². The lowest BCUT2D eigenvalue weighted by Gasteiger charge is -2.34. The van der Waals surface area contributed by atoms with Crippen LogP contribution in [0.3, 0.4) is 0 Å². The molecule has 0 saturated heterocycles. The van der Waals surface area contributed by atoms with E-state index in [2.05, 4.69) is 23.4 Å². The Morgan fingerprint density at radius 1 is 1.25 bits per heavy atom. The summed E-state index contributed by atoms with van der Waals surface area (Å²) in [5.74, 6) is 2.22. The van der Waals surface area contributed by atoms with Crippen molar-refractivity contribution in [3.05, 3.63) is 10.6 Å². The Morgan fingerprint density at radius 3 is 2.38 bits per heavy atom. The molecule has 2 N–H and O–H groups in total. The second kappa shape index (κ2) is 4.80. The molecule has 1 aliphatic rings. The van der Waals surface area contributed by atoms with E-state index in [9.17, 15) is 0 Å². The summed E-state index contributed by atoms with van der Waals surface area (Å²) in [5, 5.41) is 4.06. The van der Waals surface area contributed by atoms with Crippen LogP contribution in [0.5, 0.6) is 0 Å². The molecule has 1 aromatic rings. The molecule has 0 aromatic carbocycles. The number of aromatic nitrogens is 2. The van der Waals surface area contributed by atoms with E-state index >= 15 is 0 Å². The summed E-state index contributed by atoms with van der Waals surface area (Å²) in [4.78, 5) is 1.19. The molecule has 1 aliphatic carbocycles. The minimum absolute atomic E-state index is 0.144. The number of nitrogens with zero attached hydrogens (tertiary/aromatic N) is 2. The summed E-state index contributed by atoms with van der Waals surface area (Å²) in [7, 11) is 0. The van der Waals surface area contributed by atoms with Crippen molar-refractivity contribution < 1.29 is 0 Å². The van der Waals surface area contributed by atoms with Crippen LogP contribution in [0.2, 0.25) is 0 Å². The first-order valence-electron chi connectivity index (χ1n) is 6.12. The third kappa shape index (κ3) is 2.43. The predicted molar refractivity (Wildman–Crippen MR) is 67.2 cm³/mol. The monoisotopic (exact) mass is 239 g/mol. The molecule has 16 heavy (non-hydrogen) atoms. The highest BCUT2D eigenvalue weighted by Crippen LogP contribution is 2.39. The summed E-state index contributed by atoms with van der Waals surface area (Å²) in [6, 6.07) is 0.144. The van der Waals surface area contributed by atoms with E-state index in [0.717, 1.165) is 17.5 Å². The molecule has 1 fully saturated rings. The van der Waals surface area contributed by atoms with Crippen molar-refractivity contribution in [3.63, 3.8) is 0 Å². The Labute approximate surface area is 102 Å². The van der Waals surface area contributed by atoms with Crippen molar-refractivity contribution in [2.75, 3.05) is 0 Å². The van der Waals surface area contributed by atoms with Gasteiger partial charge >= 0.3 is 0 Å². The summed E-state index contributed by atoms with van der Waals surface area (Å²) in [6.45, 7) is 6.69. The first kappa shape index (κ1) is 12.0. The quantitative estimate of drug-likeness (QED) is 0.863. The van der Waals surface area contributed by atoms with Crippen LogP contribution in [0, 0.1) is 24.7 Å². The number of hydrogen-bond donors (Lipinski definition) is 1. The van der Waals surface area contributed by atoms with Gasteiger partial charge in [-0.2, -0.15) is 0 Å². The van der Waals surface area contributed by atoms with E-state index in [0.29, 0.717) is 5.92 Å². The molecule has 90 valence electrons. The topological polar surface area (TPSA) is 51.8 Å². The van der Waals surface area contributed by atoms with Crippen LogP contribution in [-0.2, 0) is 0 Å². The van der Waals surface area contributed by atoms with Crippen LogP contribution in [-0.4, -0.2) is 9.59 Å². The molecule has 2 rings (SSSR count). The summed E-state index contributed by atoms with van der Waals surface area (Å²) in [6.07, 6.45) is 3.86. The van der Waals surface area contributed by atoms with Gasteiger partial charge in [-0.05, 0) is 55.5 Å². The van der Waals surface area contributed by atoms with E-state index < -0.39 is 0 Å². The van der Waals surface area contributed by atoms with Gasteiger partial charge in [-0.25, -0.2) is 0 Å². The summed E-state index contributed by atoms with van der Waals surface area (Å²) in [5.41, 5.74) is 7.39. The second-order valence-corrected chi connectivity index (χ2v) is 6.21. The van der Waals surface area contributed by atoms with E-state index in [-0.39, 0.29) is 6.04 Å². The van der Waals surface area contributed by atoms with Gasteiger partial charge in [0.25, 0.3) is 0 Å². The first-order valence-corrected chi connectivity index (χ1v) is 6.89. The Balaban J connectivity index is 2.10. The van der Waals surface area contributed by atoms with Gasteiger partial charge in [0.2, 0.25) is 0 Å². The minimum atomic E-state index is 0.144. The third-order valence-corrected chi connectivity index (χ3v) is 4.64. The molecule has 1 aromatic heterocycles. The molecule has 3 atom stereocenters. The highest BCUT2D eigenvalue weighted by molar-refractivity contribution is 7.05. The van der Waals surface area contributed by atoms with E-state index in [1.807, 2.05) is 6.92 Å². The zero-order valence-electron chi connectivity index (χ0n) is 10.3. The van der Waals surface area contributed by atoms with Gasteiger partial charge in [0.05, 0.1) is 10.6 Å². The van der Waals surface area contributed by atoms with Crippen LogP contribution < -0.4 is 5.73 Å². The van der Waals surface area contributed by atoms with E-state index in [1.165, 1.54) is 35.7 Å².